The monoisotopic (exact) mass is 418 g/mol. The molecule has 3 heterocycles. The number of fused-ring (bicyclic) bond motifs is 8. The minimum atomic E-state index is 0.558. The van der Waals surface area contributed by atoms with Crippen molar-refractivity contribution >= 4 is 11.0 Å². The predicted octanol–water partition coefficient (Wildman–Crippen LogP) is 5.89. The Bertz CT molecular complexity index is 1560. The highest BCUT2D eigenvalue weighted by atomic mass is 16.5. The van der Waals surface area contributed by atoms with Gasteiger partial charge in [-0.25, -0.2) is 9.97 Å². The van der Waals surface area contributed by atoms with Crippen LogP contribution in [-0.4, -0.2) is 19.9 Å². The van der Waals surface area contributed by atoms with E-state index in [1.165, 1.54) is 39.1 Å². The van der Waals surface area contributed by atoms with Gasteiger partial charge in [-0.05, 0) is 72.7 Å². The van der Waals surface area contributed by atoms with Gasteiger partial charge in [0.25, 0.3) is 0 Å². The lowest BCUT2D eigenvalue weighted by atomic mass is 9.88. The third-order valence-corrected chi connectivity index (χ3v) is 6.73. The quantitative estimate of drug-likeness (QED) is 0.356. The molecule has 32 heavy (non-hydrogen) atoms. The number of rotatable bonds is 1. The molecule has 3 aromatic carbocycles. The first-order valence-corrected chi connectivity index (χ1v) is 11.1. The summed E-state index contributed by atoms with van der Waals surface area (Å²) in [7, 11) is 0. The van der Waals surface area contributed by atoms with Gasteiger partial charge in [0.15, 0.2) is 5.75 Å². The first-order valence-electron chi connectivity index (χ1n) is 11.1. The number of ether oxygens (including phenoxy) is 1. The molecule has 2 N–H and O–H groups in total. The smallest absolute Gasteiger partial charge is 0.155 e. The van der Waals surface area contributed by atoms with Crippen LogP contribution < -0.4 is 4.74 Å². The largest absolute Gasteiger partial charge is 0.486 e. The summed E-state index contributed by atoms with van der Waals surface area (Å²) in [6, 6.07) is 17.7. The number of hydrogen-bond donors (Lipinski definition) is 2. The summed E-state index contributed by atoms with van der Waals surface area (Å²) in [5.41, 5.74) is 13.0. The first-order chi connectivity index (χ1) is 15.6. The van der Waals surface area contributed by atoms with Crippen LogP contribution in [0.25, 0.3) is 44.5 Å². The highest BCUT2D eigenvalue weighted by Crippen LogP contribution is 2.43. The van der Waals surface area contributed by atoms with E-state index in [1.807, 2.05) is 13.8 Å². The van der Waals surface area contributed by atoms with E-state index in [4.69, 9.17) is 9.72 Å². The van der Waals surface area contributed by atoms with E-state index >= 15 is 0 Å². The third-order valence-electron chi connectivity index (χ3n) is 6.73. The summed E-state index contributed by atoms with van der Waals surface area (Å²) in [6.07, 6.45) is 2.06. The summed E-state index contributed by atoms with van der Waals surface area (Å²) in [5, 5.41) is 0. The molecule has 0 spiro atoms. The van der Waals surface area contributed by atoms with Gasteiger partial charge in [-0.1, -0.05) is 30.3 Å². The van der Waals surface area contributed by atoms with Crippen LogP contribution in [0.5, 0.6) is 5.75 Å². The van der Waals surface area contributed by atoms with Gasteiger partial charge >= 0.3 is 0 Å². The van der Waals surface area contributed by atoms with Gasteiger partial charge in [-0.15, -0.1) is 0 Å². The van der Waals surface area contributed by atoms with E-state index in [1.54, 1.807) is 0 Å². The molecule has 0 fully saturated rings. The van der Waals surface area contributed by atoms with Crippen molar-refractivity contribution in [2.45, 2.75) is 33.3 Å². The molecule has 0 amide bonds. The Morgan fingerprint density at radius 2 is 1.50 bits per heavy atom. The molecule has 7 rings (SSSR count). The van der Waals surface area contributed by atoms with Crippen LogP contribution in [0.1, 0.15) is 28.5 Å². The molecule has 2 aromatic heterocycles. The zero-order chi connectivity index (χ0) is 21.4. The molecule has 156 valence electrons. The van der Waals surface area contributed by atoms with Gasteiger partial charge in [0.1, 0.15) is 23.8 Å². The van der Waals surface area contributed by atoms with Crippen molar-refractivity contribution in [3.05, 3.63) is 77.0 Å². The van der Waals surface area contributed by atoms with Crippen LogP contribution in [0.4, 0.5) is 0 Å². The first kappa shape index (κ1) is 17.8. The van der Waals surface area contributed by atoms with Crippen molar-refractivity contribution < 1.29 is 4.74 Å². The van der Waals surface area contributed by atoms with E-state index in [0.717, 1.165) is 52.5 Å². The fourth-order valence-corrected chi connectivity index (χ4v) is 5.25. The molecule has 5 aromatic rings. The Labute approximate surface area is 185 Å². The molecule has 5 nitrogen and oxygen atoms in total. The predicted molar refractivity (Wildman–Crippen MR) is 126 cm³/mol. The van der Waals surface area contributed by atoms with E-state index in [2.05, 4.69) is 63.5 Å². The number of imidazole rings is 2. The Kier molecular flexibility index (Phi) is 3.52. The number of hydrogen-bond acceptors (Lipinski definition) is 3. The average Bonchev–Trinajstić information content (AvgIpc) is 3.39. The Morgan fingerprint density at radius 3 is 2.38 bits per heavy atom. The Hall–Kier alpha value is -3.86. The zero-order valence-corrected chi connectivity index (χ0v) is 18.0. The summed E-state index contributed by atoms with van der Waals surface area (Å²) in [5.74, 6) is 2.78. The van der Waals surface area contributed by atoms with Gasteiger partial charge in [0.05, 0.1) is 11.2 Å². The van der Waals surface area contributed by atoms with Gasteiger partial charge in [0, 0.05) is 16.8 Å². The maximum atomic E-state index is 6.21. The van der Waals surface area contributed by atoms with E-state index in [9.17, 15) is 0 Å². The molecule has 0 atom stereocenters. The third kappa shape index (κ3) is 2.51. The Balaban J connectivity index is 1.30. The molecule has 0 bridgehead atoms. The second kappa shape index (κ2) is 6.33. The second-order valence-electron chi connectivity index (χ2n) is 8.84. The van der Waals surface area contributed by atoms with Crippen molar-refractivity contribution in [3.8, 4) is 39.3 Å². The van der Waals surface area contributed by atoms with Crippen molar-refractivity contribution in [2.24, 2.45) is 0 Å². The molecule has 1 aliphatic heterocycles. The number of nitrogens with zero attached hydrogens (tertiary/aromatic N) is 2. The van der Waals surface area contributed by atoms with Crippen molar-refractivity contribution in [2.75, 3.05) is 0 Å². The number of aromatic nitrogens is 4. The molecule has 0 radical (unpaired) electrons. The van der Waals surface area contributed by atoms with E-state index in [-0.39, 0.29) is 0 Å². The lowest BCUT2D eigenvalue weighted by Gasteiger charge is -2.22. The van der Waals surface area contributed by atoms with Crippen molar-refractivity contribution in [1.29, 1.82) is 0 Å². The fraction of sp³-hybridized carbons (Fsp3) is 0.185. The van der Waals surface area contributed by atoms with Crippen molar-refractivity contribution in [1.82, 2.24) is 19.9 Å². The standard InChI is InChI=1S/C27H22N4O/c1-14-28-23-9-5-18-11-16(4-7-21(18)25(23)30-14)17-3-6-20-19(12-17)13-32-27-22(20)8-10-24-26(27)31-15(2)29-24/h3-4,6-8,10-12H,5,9,13H2,1-2H3,(H,28,30)(H,29,31). The lowest BCUT2D eigenvalue weighted by Crippen LogP contribution is -2.06. The molecule has 5 heteroatoms. The maximum absolute atomic E-state index is 6.21. The minimum absolute atomic E-state index is 0.558. The normalized spacial score (nSPS) is 13.8. The minimum Gasteiger partial charge on any atom is -0.486 e. The zero-order valence-electron chi connectivity index (χ0n) is 18.0. The number of benzene rings is 3. The summed E-state index contributed by atoms with van der Waals surface area (Å²) in [6.45, 7) is 4.56. The number of nitrogens with one attached hydrogen (secondary N) is 2. The summed E-state index contributed by atoms with van der Waals surface area (Å²) in [4.78, 5) is 16.1. The topological polar surface area (TPSA) is 66.6 Å². The maximum Gasteiger partial charge on any atom is 0.155 e. The molecule has 0 saturated carbocycles. The highest BCUT2D eigenvalue weighted by molar-refractivity contribution is 5.92. The van der Waals surface area contributed by atoms with Gasteiger partial charge in [0.2, 0.25) is 0 Å². The molecular formula is C27H22N4O. The molecule has 2 aliphatic rings. The number of H-pyrrole nitrogens is 2. The summed E-state index contributed by atoms with van der Waals surface area (Å²) >= 11 is 0. The molecule has 0 saturated heterocycles. The number of aromatic amines is 2. The average molecular weight is 419 g/mol. The lowest BCUT2D eigenvalue weighted by molar-refractivity contribution is 0.305. The second-order valence-corrected chi connectivity index (χ2v) is 8.84. The van der Waals surface area contributed by atoms with Crippen LogP contribution in [0.3, 0.4) is 0 Å². The van der Waals surface area contributed by atoms with Gasteiger partial charge in [-0.3, -0.25) is 0 Å². The Morgan fingerprint density at radius 1 is 0.750 bits per heavy atom. The molecule has 1 aliphatic carbocycles. The van der Waals surface area contributed by atoms with Gasteiger partial charge < -0.3 is 14.7 Å². The summed E-state index contributed by atoms with van der Waals surface area (Å²) < 4.78 is 6.21. The molecule has 0 unspecified atom stereocenters. The molecular weight excluding hydrogens is 396 g/mol. The van der Waals surface area contributed by atoms with Crippen LogP contribution in [0.15, 0.2) is 48.5 Å². The van der Waals surface area contributed by atoms with Crippen LogP contribution in [-0.2, 0) is 19.4 Å². The van der Waals surface area contributed by atoms with Crippen LogP contribution >= 0.6 is 0 Å². The highest BCUT2D eigenvalue weighted by Gasteiger charge is 2.23. The van der Waals surface area contributed by atoms with Crippen LogP contribution in [0, 0.1) is 13.8 Å². The number of aryl methyl sites for hydroxylation is 4. The van der Waals surface area contributed by atoms with Gasteiger partial charge in [-0.2, -0.15) is 0 Å². The van der Waals surface area contributed by atoms with Crippen LogP contribution in [0.2, 0.25) is 0 Å². The fourth-order valence-electron chi connectivity index (χ4n) is 5.25. The SMILES string of the molecule is Cc1nc2c([nH]1)CCc1cc(-c3ccc4c(c3)COc3c-4ccc4[nH]c(C)nc34)ccc1-2. The van der Waals surface area contributed by atoms with E-state index in [0.29, 0.717) is 6.61 Å². The van der Waals surface area contributed by atoms with Crippen molar-refractivity contribution in [3.63, 3.8) is 0 Å². The van der Waals surface area contributed by atoms with E-state index < -0.39 is 0 Å².